The number of nitrogens with zero attached hydrogens (tertiary/aromatic N) is 1. The maximum atomic E-state index is 11.5. The van der Waals surface area contributed by atoms with Crippen LogP contribution >= 0.6 is 11.3 Å². The first kappa shape index (κ1) is 14.7. The summed E-state index contributed by atoms with van der Waals surface area (Å²) in [5.74, 6) is 0.796. The summed E-state index contributed by atoms with van der Waals surface area (Å²) < 4.78 is 0. The number of carbonyl (C=O) groups excluding carboxylic acids is 1. The van der Waals surface area contributed by atoms with Crippen molar-refractivity contribution in [1.29, 1.82) is 0 Å². The van der Waals surface area contributed by atoms with E-state index in [1.165, 1.54) is 24.0 Å². The molecule has 0 aromatic carbocycles. The molecule has 1 heterocycles. The van der Waals surface area contributed by atoms with E-state index >= 15 is 0 Å². The molecule has 1 aliphatic carbocycles. The summed E-state index contributed by atoms with van der Waals surface area (Å²) >= 11 is 1.82. The topological polar surface area (TPSA) is 20.3 Å². The number of aldehydes is 1. The Morgan fingerprint density at radius 3 is 2.79 bits per heavy atom. The van der Waals surface area contributed by atoms with Crippen LogP contribution in [0.15, 0.2) is 17.5 Å². The van der Waals surface area contributed by atoms with Crippen LogP contribution in [0, 0.1) is 11.3 Å². The molecule has 2 nitrogen and oxygen atoms in total. The van der Waals surface area contributed by atoms with Gasteiger partial charge in [0, 0.05) is 23.4 Å². The molecule has 0 aliphatic heterocycles. The quantitative estimate of drug-likeness (QED) is 0.741. The van der Waals surface area contributed by atoms with Gasteiger partial charge in [0.2, 0.25) is 0 Å². The van der Waals surface area contributed by atoms with Gasteiger partial charge >= 0.3 is 0 Å². The summed E-state index contributed by atoms with van der Waals surface area (Å²) in [5.41, 5.74) is -0.0727. The van der Waals surface area contributed by atoms with Crippen molar-refractivity contribution >= 4 is 17.6 Å². The van der Waals surface area contributed by atoms with Crippen LogP contribution in [0.2, 0.25) is 0 Å². The molecule has 1 aromatic rings. The van der Waals surface area contributed by atoms with E-state index in [9.17, 15) is 4.79 Å². The first-order valence-electron chi connectivity index (χ1n) is 7.31. The normalized spacial score (nSPS) is 27.6. The largest absolute Gasteiger partial charge is 0.305 e. The molecule has 1 aromatic heterocycles. The SMILES string of the molecule is CC1CCC(C=O)(CN(C)CCc2cccs2)CC1. The lowest BCUT2D eigenvalue weighted by molar-refractivity contribution is -0.119. The Kier molecular flexibility index (Phi) is 5.17. The molecule has 0 amide bonds. The summed E-state index contributed by atoms with van der Waals surface area (Å²) in [7, 11) is 2.15. The lowest BCUT2D eigenvalue weighted by Crippen LogP contribution is -2.40. The number of hydrogen-bond donors (Lipinski definition) is 0. The molecule has 1 fully saturated rings. The first-order valence-corrected chi connectivity index (χ1v) is 8.19. The molecule has 0 atom stereocenters. The van der Waals surface area contributed by atoms with Crippen LogP contribution in [0.3, 0.4) is 0 Å². The summed E-state index contributed by atoms with van der Waals surface area (Å²) in [6.45, 7) is 4.27. The Labute approximate surface area is 120 Å². The third-order valence-corrected chi connectivity index (χ3v) is 5.36. The van der Waals surface area contributed by atoms with Crippen LogP contribution in [-0.4, -0.2) is 31.3 Å². The minimum Gasteiger partial charge on any atom is -0.305 e. The fraction of sp³-hybridized carbons (Fsp3) is 0.688. The summed E-state index contributed by atoms with van der Waals surface area (Å²) in [6, 6.07) is 4.30. The van der Waals surface area contributed by atoms with Crippen LogP contribution in [0.1, 0.15) is 37.5 Å². The Morgan fingerprint density at radius 2 is 2.21 bits per heavy atom. The predicted octanol–water partition coefficient (Wildman–Crippen LogP) is 3.62. The van der Waals surface area contributed by atoms with E-state index in [1.54, 1.807) is 0 Å². The second-order valence-corrected chi connectivity index (χ2v) is 7.26. The smallest absolute Gasteiger partial charge is 0.127 e. The summed E-state index contributed by atoms with van der Waals surface area (Å²) in [6.07, 6.45) is 6.89. The van der Waals surface area contributed by atoms with Gasteiger partial charge in [0.25, 0.3) is 0 Å². The average Bonchev–Trinajstić information content (AvgIpc) is 2.93. The summed E-state index contributed by atoms with van der Waals surface area (Å²) in [4.78, 5) is 15.3. The minimum absolute atomic E-state index is 0.0727. The standard InChI is InChI=1S/C16H25NOS/c1-14-5-8-16(13-18,9-6-14)12-17(2)10-7-15-4-3-11-19-15/h3-4,11,13-14H,5-10,12H2,1-2H3. The number of thiophene rings is 1. The first-order chi connectivity index (χ1) is 9.13. The number of carbonyl (C=O) groups is 1. The molecule has 0 bridgehead atoms. The van der Waals surface area contributed by atoms with Gasteiger partial charge in [-0.1, -0.05) is 13.0 Å². The van der Waals surface area contributed by atoms with Gasteiger partial charge in [-0.25, -0.2) is 0 Å². The van der Waals surface area contributed by atoms with E-state index < -0.39 is 0 Å². The maximum Gasteiger partial charge on any atom is 0.127 e. The molecule has 2 rings (SSSR count). The van der Waals surface area contributed by atoms with Gasteiger partial charge in [-0.15, -0.1) is 11.3 Å². The van der Waals surface area contributed by atoms with Crippen molar-refractivity contribution in [1.82, 2.24) is 4.90 Å². The Morgan fingerprint density at radius 1 is 1.47 bits per heavy atom. The molecular formula is C16H25NOS. The van der Waals surface area contributed by atoms with Gasteiger partial charge in [0.1, 0.15) is 6.29 Å². The van der Waals surface area contributed by atoms with E-state index in [0.717, 1.165) is 38.3 Å². The van der Waals surface area contributed by atoms with Crippen LogP contribution < -0.4 is 0 Å². The highest BCUT2D eigenvalue weighted by Crippen LogP contribution is 2.37. The van der Waals surface area contributed by atoms with E-state index in [2.05, 4.69) is 36.4 Å². The number of rotatable bonds is 6. The van der Waals surface area contributed by atoms with Gasteiger partial charge in [0.15, 0.2) is 0 Å². The second kappa shape index (κ2) is 6.67. The second-order valence-electron chi connectivity index (χ2n) is 6.23. The third-order valence-electron chi connectivity index (χ3n) is 4.42. The minimum atomic E-state index is -0.0727. The van der Waals surface area contributed by atoms with E-state index in [-0.39, 0.29) is 5.41 Å². The molecule has 3 heteroatoms. The van der Waals surface area contributed by atoms with Crippen molar-refractivity contribution in [3.05, 3.63) is 22.4 Å². The van der Waals surface area contributed by atoms with Crippen LogP contribution in [0.4, 0.5) is 0 Å². The van der Waals surface area contributed by atoms with Crippen LogP contribution in [0.25, 0.3) is 0 Å². The number of hydrogen-bond acceptors (Lipinski definition) is 3. The number of likely N-dealkylation sites (N-methyl/N-ethyl adjacent to an activating group) is 1. The molecule has 0 saturated heterocycles. The molecule has 1 aliphatic rings. The molecule has 0 radical (unpaired) electrons. The molecule has 0 spiro atoms. The van der Waals surface area contributed by atoms with Crippen molar-refractivity contribution < 1.29 is 4.79 Å². The Bertz CT molecular complexity index is 379. The van der Waals surface area contributed by atoms with E-state index in [4.69, 9.17) is 0 Å². The van der Waals surface area contributed by atoms with Gasteiger partial charge in [-0.05, 0) is 56.5 Å². The van der Waals surface area contributed by atoms with E-state index in [0.29, 0.717) is 0 Å². The predicted molar refractivity (Wildman–Crippen MR) is 81.6 cm³/mol. The highest BCUT2D eigenvalue weighted by atomic mass is 32.1. The fourth-order valence-corrected chi connectivity index (χ4v) is 3.72. The monoisotopic (exact) mass is 279 g/mol. The van der Waals surface area contributed by atoms with Crippen molar-refractivity contribution in [2.75, 3.05) is 20.1 Å². The zero-order valence-corrected chi connectivity index (χ0v) is 12.9. The van der Waals surface area contributed by atoms with Gasteiger partial charge < -0.3 is 9.69 Å². The molecule has 19 heavy (non-hydrogen) atoms. The van der Waals surface area contributed by atoms with Crippen molar-refractivity contribution in [3.63, 3.8) is 0 Å². The third kappa shape index (κ3) is 4.15. The van der Waals surface area contributed by atoms with Gasteiger partial charge in [-0.2, -0.15) is 0 Å². The molecule has 0 unspecified atom stereocenters. The lowest BCUT2D eigenvalue weighted by atomic mass is 9.71. The van der Waals surface area contributed by atoms with E-state index in [1.807, 2.05) is 11.3 Å². The Hall–Kier alpha value is -0.670. The van der Waals surface area contributed by atoms with Crippen LogP contribution in [0.5, 0.6) is 0 Å². The lowest BCUT2D eigenvalue weighted by Gasteiger charge is -2.37. The summed E-state index contributed by atoms with van der Waals surface area (Å²) in [5, 5.41) is 2.13. The maximum absolute atomic E-state index is 11.5. The van der Waals surface area contributed by atoms with Gasteiger partial charge in [-0.3, -0.25) is 0 Å². The highest BCUT2D eigenvalue weighted by molar-refractivity contribution is 7.09. The molecule has 1 saturated carbocycles. The van der Waals surface area contributed by atoms with Crippen LogP contribution in [-0.2, 0) is 11.2 Å². The zero-order valence-electron chi connectivity index (χ0n) is 12.1. The Balaban J connectivity index is 1.82. The average molecular weight is 279 g/mol. The van der Waals surface area contributed by atoms with Gasteiger partial charge in [0.05, 0.1) is 0 Å². The molecule has 0 N–H and O–H groups in total. The fourth-order valence-electron chi connectivity index (χ4n) is 3.02. The molecular weight excluding hydrogens is 254 g/mol. The van der Waals surface area contributed by atoms with Crippen molar-refractivity contribution in [3.8, 4) is 0 Å². The zero-order chi connectivity index (χ0) is 13.7. The highest BCUT2D eigenvalue weighted by Gasteiger charge is 2.34. The molecule has 106 valence electrons. The van der Waals surface area contributed by atoms with Crippen molar-refractivity contribution in [2.24, 2.45) is 11.3 Å². The van der Waals surface area contributed by atoms with Crippen molar-refractivity contribution in [2.45, 2.75) is 39.0 Å².